The highest BCUT2D eigenvalue weighted by Gasteiger charge is 2.23. The summed E-state index contributed by atoms with van der Waals surface area (Å²) in [6, 6.07) is 5.42. The van der Waals surface area contributed by atoms with Crippen LogP contribution < -0.4 is 5.32 Å². The summed E-state index contributed by atoms with van der Waals surface area (Å²) in [4.78, 5) is 32.6. The van der Waals surface area contributed by atoms with Crippen LogP contribution in [0.25, 0.3) is 11.5 Å². The second-order valence-electron chi connectivity index (χ2n) is 4.86. The molecule has 0 saturated carbocycles. The summed E-state index contributed by atoms with van der Waals surface area (Å²) in [6.45, 7) is 1.08. The van der Waals surface area contributed by atoms with Crippen molar-refractivity contribution >= 4 is 12.0 Å². The predicted molar refractivity (Wildman–Crippen MR) is 77.2 cm³/mol. The smallest absolute Gasteiger partial charge is 0.410 e. The molecule has 1 aliphatic heterocycles. The molecule has 9 heteroatoms. The van der Waals surface area contributed by atoms with Crippen LogP contribution in [0.5, 0.6) is 0 Å². The highest BCUT2D eigenvalue weighted by Crippen LogP contribution is 2.11. The molecule has 0 aromatic carbocycles. The van der Waals surface area contributed by atoms with Gasteiger partial charge in [0.1, 0.15) is 18.8 Å². The maximum atomic E-state index is 11.7. The SMILES string of the molecule is O=C(CN1CCOC1=O)NCCc1nc(-c2ccccn2)no1. The van der Waals surface area contributed by atoms with Crippen molar-refractivity contribution in [2.75, 3.05) is 26.2 Å². The molecule has 120 valence electrons. The molecule has 0 atom stereocenters. The number of aromatic nitrogens is 3. The van der Waals surface area contributed by atoms with Crippen molar-refractivity contribution in [3.63, 3.8) is 0 Å². The van der Waals surface area contributed by atoms with Gasteiger partial charge in [-0.1, -0.05) is 11.2 Å². The number of carbonyl (C=O) groups excluding carboxylic acids is 2. The summed E-state index contributed by atoms with van der Waals surface area (Å²) in [5.41, 5.74) is 0.624. The molecule has 1 fully saturated rings. The summed E-state index contributed by atoms with van der Waals surface area (Å²) in [5, 5.41) is 6.54. The first-order valence-corrected chi connectivity index (χ1v) is 7.15. The van der Waals surface area contributed by atoms with E-state index >= 15 is 0 Å². The zero-order valence-corrected chi connectivity index (χ0v) is 12.3. The van der Waals surface area contributed by atoms with Gasteiger partial charge in [-0.3, -0.25) is 14.7 Å². The number of amides is 2. The zero-order chi connectivity index (χ0) is 16.1. The van der Waals surface area contributed by atoms with Crippen LogP contribution in [0, 0.1) is 0 Å². The van der Waals surface area contributed by atoms with Crippen molar-refractivity contribution in [2.24, 2.45) is 0 Å². The fraction of sp³-hybridized carbons (Fsp3) is 0.357. The number of carbonyl (C=O) groups is 2. The Morgan fingerprint density at radius 1 is 1.39 bits per heavy atom. The summed E-state index contributed by atoms with van der Waals surface area (Å²) in [7, 11) is 0. The van der Waals surface area contributed by atoms with E-state index in [1.807, 2.05) is 6.07 Å². The van der Waals surface area contributed by atoms with Crippen molar-refractivity contribution in [3.05, 3.63) is 30.3 Å². The quantitative estimate of drug-likeness (QED) is 0.812. The van der Waals surface area contributed by atoms with Crippen LogP contribution >= 0.6 is 0 Å². The Labute approximate surface area is 131 Å². The number of hydrogen-bond donors (Lipinski definition) is 1. The lowest BCUT2D eigenvalue weighted by molar-refractivity contribution is -0.121. The Balaban J connectivity index is 1.45. The molecule has 3 rings (SSSR count). The molecule has 0 aliphatic carbocycles. The van der Waals surface area contributed by atoms with Gasteiger partial charge in [0.25, 0.3) is 0 Å². The molecule has 0 unspecified atom stereocenters. The summed E-state index contributed by atoms with van der Waals surface area (Å²) >= 11 is 0. The van der Waals surface area contributed by atoms with Crippen molar-refractivity contribution in [3.8, 4) is 11.5 Å². The van der Waals surface area contributed by atoms with Crippen molar-refractivity contribution in [2.45, 2.75) is 6.42 Å². The highest BCUT2D eigenvalue weighted by atomic mass is 16.6. The molecule has 3 heterocycles. The third kappa shape index (κ3) is 3.82. The minimum Gasteiger partial charge on any atom is -0.448 e. The largest absolute Gasteiger partial charge is 0.448 e. The average molecular weight is 317 g/mol. The zero-order valence-electron chi connectivity index (χ0n) is 12.3. The molecule has 1 aliphatic rings. The Morgan fingerprint density at radius 2 is 2.30 bits per heavy atom. The molecule has 0 bridgehead atoms. The fourth-order valence-electron chi connectivity index (χ4n) is 2.06. The molecule has 2 aromatic rings. The van der Waals surface area contributed by atoms with Crippen LogP contribution in [0.1, 0.15) is 5.89 Å². The van der Waals surface area contributed by atoms with Crippen molar-refractivity contribution < 1.29 is 18.8 Å². The second-order valence-corrected chi connectivity index (χ2v) is 4.86. The lowest BCUT2D eigenvalue weighted by atomic mass is 10.3. The monoisotopic (exact) mass is 317 g/mol. The van der Waals surface area contributed by atoms with Crippen molar-refractivity contribution in [1.29, 1.82) is 0 Å². The van der Waals surface area contributed by atoms with E-state index in [0.29, 0.717) is 43.5 Å². The molecule has 23 heavy (non-hydrogen) atoms. The highest BCUT2D eigenvalue weighted by molar-refractivity contribution is 5.82. The van der Waals surface area contributed by atoms with E-state index in [0.717, 1.165) is 0 Å². The van der Waals surface area contributed by atoms with Gasteiger partial charge < -0.3 is 14.6 Å². The number of nitrogens with one attached hydrogen (secondary N) is 1. The van der Waals surface area contributed by atoms with E-state index in [1.54, 1.807) is 18.3 Å². The normalized spacial score (nSPS) is 13.9. The van der Waals surface area contributed by atoms with Gasteiger partial charge in [-0.05, 0) is 12.1 Å². The average Bonchev–Trinajstić information content (AvgIpc) is 3.18. The van der Waals surface area contributed by atoms with Crippen LogP contribution in [0.3, 0.4) is 0 Å². The molecular formula is C14H15N5O4. The van der Waals surface area contributed by atoms with Crippen LogP contribution in [0.15, 0.2) is 28.9 Å². The van der Waals surface area contributed by atoms with Gasteiger partial charge in [0.15, 0.2) is 0 Å². The number of nitrogens with zero attached hydrogens (tertiary/aromatic N) is 4. The lowest BCUT2D eigenvalue weighted by Gasteiger charge is -2.11. The predicted octanol–water partition coefficient (Wildman–Crippen LogP) is 0.242. The number of cyclic esters (lactones) is 1. The fourth-order valence-corrected chi connectivity index (χ4v) is 2.06. The van der Waals surface area contributed by atoms with Crippen LogP contribution in [-0.2, 0) is 16.0 Å². The van der Waals surface area contributed by atoms with Gasteiger partial charge in [0.05, 0.1) is 6.54 Å². The Morgan fingerprint density at radius 3 is 3.04 bits per heavy atom. The third-order valence-corrected chi connectivity index (χ3v) is 3.20. The molecule has 2 aromatic heterocycles. The first-order valence-electron chi connectivity index (χ1n) is 7.15. The topological polar surface area (TPSA) is 110 Å². The van der Waals surface area contributed by atoms with Gasteiger partial charge >= 0.3 is 6.09 Å². The van der Waals surface area contributed by atoms with E-state index in [9.17, 15) is 9.59 Å². The molecule has 9 nitrogen and oxygen atoms in total. The molecule has 0 spiro atoms. The third-order valence-electron chi connectivity index (χ3n) is 3.20. The first kappa shape index (κ1) is 14.9. The maximum absolute atomic E-state index is 11.7. The second kappa shape index (κ2) is 6.86. The number of rotatable bonds is 6. The standard InChI is InChI=1S/C14H15N5O4/c20-11(9-19-7-8-22-14(19)21)16-6-4-12-17-13(18-23-12)10-3-1-2-5-15-10/h1-3,5H,4,6-9H2,(H,16,20). The van der Waals surface area contributed by atoms with Crippen LogP contribution in [0.4, 0.5) is 4.79 Å². The van der Waals surface area contributed by atoms with Gasteiger partial charge in [-0.15, -0.1) is 0 Å². The Hall–Kier alpha value is -2.97. The summed E-state index contributed by atoms with van der Waals surface area (Å²) < 4.78 is 9.87. The van der Waals surface area contributed by atoms with E-state index in [2.05, 4.69) is 20.4 Å². The van der Waals surface area contributed by atoms with Crippen LogP contribution in [0.2, 0.25) is 0 Å². The van der Waals surface area contributed by atoms with Gasteiger partial charge in [-0.2, -0.15) is 4.98 Å². The van der Waals surface area contributed by atoms with E-state index in [1.165, 1.54) is 4.90 Å². The molecule has 1 N–H and O–H groups in total. The minimum atomic E-state index is -0.461. The lowest BCUT2D eigenvalue weighted by Crippen LogP contribution is -2.38. The number of hydrogen-bond acceptors (Lipinski definition) is 7. The van der Waals surface area contributed by atoms with Crippen molar-refractivity contribution in [1.82, 2.24) is 25.3 Å². The minimum absolute atomic E-state index is 0.0121. The van der Waals surface area contributed by atoms with Crippen LogP contribution in [-0.4, -0.2) is 58.3 Å². The number of pyridine rings is 1. The molecule has 0 radical (unpaired) electrons. The summed E-state index contributed by atoms with van der Waals surface area (Å²) in [6.07, 6.45) is 1.59. The summed E-state index contributed by atoms with van der Waals surface area (Å²) in [5.74, 6) is 0.562. The Kier molecular flexibility index (Phi) is 4.46. The first-order chi connectivity index (χ1) is 11.2. The van der Waals surface area contributed by atoms with E-state index in [-0.39, 0.29) is 12.5 Å². The Bertz CT molecular complexity index is 687. The number of ether oxygens (including phenoxy) is 1. The van der Waals surface area contributed by atoms with Gasteiger partial charge in [0.2, 0.25) is 17.6 Å². The van der Waals surface area contributed by atoms with Gasteiger partial charge in [-0.25, -0.2) is 4.79 Å². The van der Waals surface area contributed by atoms with E-state index in [4.69, 9.17) is 9.26 Å². The van der Waals surface area contributed by atoms with Gasteiger partial charge in [0, 0.05) is 19.2 Å². The molecular weight excluding hydrogens is 302 g/mol. The molecule has 2 amide bonds. The molecule has 1 saturated heterocycles. The van der Waals surface area contributed by atoms with E-state index < -0.39 is 6.09 Å². The maximum Gasteiger partial charge on any atom is 0.410 e.